The third-order valence-corrected chi connectivity index (χ3v) is 3.59. The monoisotopic (exact) mass is 295 g/mol. The number of H-pyrrole nitrogens is 1. The maximum absolute atomic E-state index is 10.9. The van der Waals surface area contributed by atoms with Crippen LogP contribution in [0.5, 0.6) is 5.75 Å². The molecule has 2 heterocycles. The summed E-state index contributed by atoms with van der Waals surface area (Å²) < 4.78 is 5.45. The average Bonchev–Trinajstić information content (AvgIpc) is 3.04. The molecule has 0 aliphatic rings. The zero-order valence-electron chi connectivity index (χ0n) is 12.5. The van der Waals surface area contributed by atoms with Crippen LogP contribution in [0.3, 0.4) is 0 Å². The number of carbonyl (C=O) groups excluding carboxylic acids is 1. The Bertz CT molecular complexity index is 824. The maximum atomic E-state index is 10.9. The topological polar surface area (TPSA) is 67.0 Å². The normalized spacial score (nSPS) is 10.6. The van der Waals surface area contributed by atoms with Crippen molar-refractivity contribution in [1.82, 2.24) is 9.97 Å². The van der Waals surface area contributed by atoms with Crippen molar-refractivity contribution >= 4 is 23.0 Å². The number of nitrogens with one attached hydrogen (secondary N) is 2. The number of methoxy groups -OCH3 is 1. The van der Waals surface area contributed by atoms with Crippen LogP contribution in [0.4, 0.5) is 5.69 Å². The van der Waals surface area contributed by atoms with E-state index in [1.54, 1.807) is 19.2 Å². The minimum atomic E-state index is 0.585. The van der Waals surface area contributed by atoms with E-state index in [1.165, 1.54) is 0 Å². The molecule has 0 bridgehead atoms. The molecule has 0 atom stereocenters. The van der Waals surface area contributed by atoms with E-state index in [1.807, 2.05) is 24.5 Å². The highest BCUT2D eigenvalue weighted by Crippen LogP contribution is 2.38. The Labute approximate surface area is 128 Å². The molecule has 5 heteroatoms. The maximum Gasteiger partial charge on any atom is 0.150 e. The van der Waals surface area contributed by atoms with Crippen LogP contribution in [0, 0.1) is 0 Å². The van der Waals surface area contributed by atoms with Crippen LogP contribution in [0.25, 0.3) is 22.2 Å². The van der Waals surface area contributed by atoms with Crippen LogP contribution in [0.2, 0.25) is 0 Å². The first-order chi connectivity index (χ1) is 10.8. The van der Waals surface area contributed by atoms with E-state index in [-0.39, 0.29) is 0 Å². The number of fused-ring (bicyclic) bond motifs is 1. The summed E-state index contributed by atoms with van der Waals surface area (Å²) in [5.41, 5.74) is 4.28. The Morgan fingerprint density at radius 3 is 2.91 bits per heavy atom. The minimum Gasteiger partial charge on any atom is -0.496 e. The molecule has 3 aromatic rings. The van der Waals surface area contributed by atoms with E-state index in [0.717, 1.165) is 40.7 Å². The van der Waals surface area contributed by atoms with E-state index in [2.05, 4.69) is 22.2 Å². The van der Waals surface area contributed by atoms with Gasteiger partial charge in [0.1, 0.15) is 17.7 Å². The molecule has 112 valence electrons. The molecule has 2 aromatic heterocycles. The lowest BCUT2D eigenvalue weighted by Gasteiger charge is -2.15. The van der Waals surface area contributed by atoms with Crippen molar-refractivity contribution in [1.29, 1.82) is 0 Å². The van der Waals surface area contributed by atoms with Crippen LogP contribution >= 0.6 is 0 Å². The third-order valence-electron chi connectivity index (χ3n) is 3.59. The van der Waals surface area contributed by atoms with Gasteiger partial charge >= 0.3 is 0 Å². The molecule has 3 rings (SSSR count). The first kappa shape index (κ1) is 14.1. The number of aldehydes is 1. The minimum absolute atomic E-state index is 0.585. The van der Waals surface area contributed by atoms with Crippen molar-refractivity contribution < 1.29 is 9.53 Å². The fourth-order valence-electron chi connectivity index (χ4n) is 2.58. The summed E-state index contributed by atoms with van der Waals surface area (Å²) in [6, 6.07) is 7.40. The van der Waals surface area contributed by atoms with Gasteiger partial charge in [-0.1, -0.05) is 6.07 Å². The molecule has 0 unspecified atom stereocenters. The van der Waals surface area contributed by atoms with Gasteiger partial charge in [0.05, 0.1) is 12.8 Å². The van der Waals surface area contributed by atoms with Gasteiger partial charge in [-0.05, 0) is 25.1 Å². The Morgan fingerprint density at radius 2 is 2.18 bits per heavy atom. The third kappa shape index (κ3) is 2.30. The van der Waals surface area contributed by atoms with E-state index in [9.17, 15) is 4.79 Å². The number of anilines is 1. The summed E-state index contributed by atoms with van der Waals surface area (Å²) >= 11 is 0. The molecule has 0 saturated carbocycles. The summed E-state index contributed by atoms with van der Waals surface area (Å²) in [5, 5.41) is 4.43. The molecule has 5 nitrogen and oxygen atoms in total. The molecule has 0 saturated heterocycles. The van der Waals surface area contributed by atoms with E-state index < -0.39 is 0 Å². The highest BCUT2D eigenvalue weighted by molar-refractivity contribution is 5.99. The SMILES string of the molecule is CCNc1c(-c2ccc(C=O)cc2OC)cnc2[nH]ccc12. The van der Waals surface area contributed by atoms with E-state index >= 15 is 0 Å². The Hall–Kier alpha value is -2.82. The summed E-state index contributed by atoms with van der Waals surface area (Å²) in [6.45, 7) is 2.85. The molecule has 2 N–H and O–H groups in total. The highest BCUT2D eigenvalue weighted by Gasteiger charge is 2.15. The predicted molar refractivity (Wildman–Crippen MR) is 87.6 cm³/mol. The van der Waals surface area contributed by atoms with Gasteiger partial charge in [0.2, 0.25) is 0 Å². The van der Waals surface area contributed by atoms with Crippen molar-refractivity contribution in [2.75, 3.05) is 19.0 Å². The number of aromatic nitrogens is 2. The molecule has 0 radical (unpaired) electrons. The van der Waals surface area contributed by atoms with Gasteiger partial charge < -0.3 is 15.0 Å². The van der Waals surface area contributed by atoms with Crippen molar-refractivity contribution in [2.45, 2.75) is 6.92 Å². The zero-order valence-corrected chi connectivity index (χ0v) is 12.5. The van der Waals surface area contributed by atoms with Crippen LogP contribution in [0.15, 0.2) is 36.7 Å². The molecule has 1 aromatic carbocycles. The van der Waals surface area contributed by atoms with E-state index in [0.29, 0.717) is 11.3 Å². The van der Waals surface area contributed by atoms with Crippen LogP contribution in [-0.2, 0) is 0 Å². The molecule has 0 aliphatic carbocycles. The predicted octanol–water partition coefficient (Wildman–Crippen LogP) is 3.48. The number of aromatic amines is 1. The van der Waals surface area contributed by atoms with Crippen molar-refractivity contribution in [3.05, 3.63) is 42.2 Å². The van der Waals surface area contributed by atoms with Crippen LogP contribution < -0.4 is 10.1 Å². The largest absolute Gasteiger partial charge is 0.496 e. The molecular formula is C17H17N3O2. The quantitative estimate of drug-likeness (QED) is 0.707. The number of ether oxygens (including phenoxy) is 1. The molecule has 0 aliphatic heterocycles. The van der Waals surface area contributed by atoms with E-state index in [4.69, 9.17) is 4.74 Å². The molecule has 0 spiro atoms. The van der Waals surface area contributed by atoms with Crippen LogP contribution in [0.1, 0.15) is 17.3 Å². The number of carbonyl (C=O) groups is 1. The lowest BCUT2D eigenvalue weighted by Crippen LogP contribution is -2.01. The molecule has 22 heavy (non-hydrogen) atoms. The fourth-order valence-corrected chi connectivity index (χ4v) is 2.58. The fraction of sp³-hybridized carbons (Fsp3) is 0.176. The van der Waals surface area contributed by atoms with Gasteiger partial charge in [-0.25, -0.2) is 4.98 Å². The van der Waals surface area contributed by atoms with Crippen LogP contribution in [-0.4, -0.2) is 29.9 Å². The summed E-state index contributed by atoms with van der Waals surface area (Å²) in [6.07, 6.45) is 4.50. The number of hydrogen-bond acceptors (Lipinski definition) is 4. The Kier molecular flexibility index (Phi) is 3.78. The number of hydrogen-bond donors (Lipinski definition) is 2. The summed E-state index contributed by atoms with van der Waals surface area (Å²) in [5.74, 6) is 0.653. The number of nitrogens with zero attached hydrogens (tertiary/aromatic N) is 1. The molecule has 0 fully saturated rings. The smallest absolute Gasteiger partial charge is 0.150 e. The summed E-state index contributed by atoms with van der Waals surface area (Å²) in [4.78, 5) is 18.5. The first-order valence-corrected chi connectivity index (χ1v) is 7.12. The second kappa shape index (κ2) is 5.89. The second-order valence-corrected chi connectivity index (χ2v) is 4.89. The second-order valence-electron chi connectivity index (χ2n) is 4.89. The lowest BCUT2D eigenvalue weighted by molar-refractivity contribution is 0.112. The Balaban J connectivity index is 2.25. The highest BCUT2D eigenvalue weighted by atomic mass is 16.5. The van der Waals surface area contributed by atoms with Gasteiger partial charge in [-0.2, -0.15) is 0 Å². The van der Waals surface area contributed by atoms with Gasteiger partial charge in [-0.3, -0.25) is 4.79 Å². The number of rotatable bonds is 5. The summed E-state index contributed by atoms with van der Waals surface area (Å²) in [7, 11) is 1.60. The van der Waals surface area contributed by atoms with Crippen molar-refractivity contribution in [3.63, 3.8) is 0 Å². The molecule has 0 amide bonds. The average molecular weight is 295 g/mol. The molecular weight excluding hydrogens is 278 g/mol. The standard InChI is InChI=1S/C17H17N3O2/c1-3-18-16-13-6-7-19-17(13)20-9-14(16)12-5-4-11(10-21)8-15(12)22-2/h4-10H,3H2,1-2H3,(H2,18,19,20). The van der Waals surface area contributed by atoms with Gasteiger partial charge in [0.25, 0.3) is 0 Å². The first-order valence-electron chi connectivity index (χ1n) is 7.12. The van der Waals surface area contributed by atoms with Gasteiger partial charge in [-0.15, -0.1) is 0 Å². The van der Waals surface area contributed by atoms with Crippen molar-refractivity contribution in [2.24, 2.45) is 0 Å². The zero-order chi connectivity index (χ0) is 15.5. The van der Waals surface area contributed by atoms with Gasteiger partial charge in [0.15, 0.2) is 0 Å². The van der Waals surface area contributed by atoms with Crippen molar-refractivity contribution in [3.8, 4) is 16.9 Å². The number of benzene rings is 1. The Morgan fingerprint density at radius 1 is 1.32 bits per heavy atom. The van der Waals surface area contributed by atoms with Gasteiger partial charge in [0, 0.05) is 41.0 Å². The number of pyridine rings is 1. The lowest BCUT2D eigenvalue weighted by atomic mass is 10.0.